The molecule has 0 fully saturated rings. The molecule has 0 heterocycles. The third-order valence-corrected chi connectivity index (χ3v) is 2.41. The van der Waals surface area contributed by atoms with Crippen LogP contribution in [0.25, 0.3) is 0 Å². The summed E-state index contributed by atoms with van der Waals surface area (Å²) in [5.74, 6) is -0.288. The molecule has 0 saturated carbocycles. The third-order valence-electron chi connectivity index (χ3n) is 2.41. The summed E-state index contributed by atoms with van der Waals surface area (Å²) >= 11 is 0. The largest absolute Gasteiger partial charge is 0.444 e. The Morgan fingerprint density at radius 1 is 1.25 bits per heavy atom. The number of carbonyl (C=O) groups is 2. The molecule has 110 valence electrons. The number of amides is 2. The van der Waals surface area contributed by atoms with Gasteiger partial charge in [0.2, 0.25) is 5.91 Å². The molecule has 0 aliphatic heterocycles. The van der Waals surface area contributed by atoms with Crippen LogP contribution in [0.1, 0.15) is 33.3 Å². The highest BCUT2D eigenvalue weighted by atomic mass is 16.6. The van der Waals surface area contributed by atoms with E-state index in [0.717, 1.165) is 17.7 Å². The van der Waals surface area contributed by atoms with E-state index in [2.05, 4.69) is 10.6 Å². The summed E-state index contributed by atoms with van der Waals surface area (Å²) in [6.07, 6.45) is 0.301. The second-order valence-electron chi connectivity index (χ2n) is 5.46. The quantitative estimate of drug-likeness (QED) is 0.889. The van der Waals surface area contributed by atoms with Gasteiger partial charge in [-0.2, -0.15) is 0 Å². The van der Waals surface area contributed by atoms with Crippen LogP contribution in [-0.2, 0) is 16.0 Å². The SMILES string of the molecule is CCc1cccc(NC(=O)CNC(=O)OC(C)(C)C)c1. The van der Waals surface area contributed by atoms with E-state index < -0.39 is 11.7 Å². The predicted molar refractivity (Wildman–Crippen MR) is 78.7 cm³/mol. The van der Waals surface area contributed by atoms with Gasteiger partial charge in [-0.05, 0) is 44.9 Å². The molecule has 0 spiro atoms. The number of benzene rings is 1. The third kappa shape index (κ3) is 6.22. The molecule has 0 unspecified atom stereocenters. The lowest BCUT2D eigenvalue weighted by molar-refractivity contribution is -0.115. The fraction of sp³-hybridized carbons (Fsp3) is 0.467. The van der Waals surface area contributed by atoms with Gasteiger partial charge in [-0.15, -0.1) is 0 Å². The number of anilines is 1. The molecule has 0 radical (unpaired) electrons. The highest BCUT2D eigenvalue weighted by Gasteiger charge is 2.16. The maximum Gasteiger partial charge on any atom is 0.408 e. The van der Waals surface area contributed by atoms with Gasteiger partial charge in [-0.25, -0.2) is 4.79 Å². The highest BCUT2D eigenvalue weighted by Crippen LogP contribution is 2.10. The van der Waals surface area contributed by atoms with Crippen LogP contribution >= 0.6 is 0 Å². The Hall–Kier alpha value is -2.04. The van der Waals surface area contributed by atoms with Gasteiger partial charge in [0.1, 0.15) is 12.1 Å². The van der Waals surface area contributed by atoms with Crippen molar-refractivity contribution in [3.8, 4) is 0 Å². The van der Waals surface area contributed by atoms with Crippen molar-refractivity contribution in [1.29, 1.82) is 0 Å². The molecule has 2 N–H and O–H groups in total. The van der Waals surface area contributed by atoms with Crippen molar-refractivity contribution in [2.45, 2.75) is 39.7 Å². The number of hydrogen-bond donors (Lipinski definition) is 2. The van der Waals surface area contributed by atoms with E-state index in [1.54, 1.807) is 20.8 Å². The Balaban J connectivity index is 2.42. The van der Waals surface area contributed by atoms with Gasteiger partial charge in [-0.3, -0.25) is 4.79 Å². The maximum absolute atomic E-state index is 11.7. The van der Waals surface area contributed by atoms with Gasteiger partial charge in [0.25, 0.3) is 0 Å². The fourth-order valence-electron chi connectivity index (χ4n) is 1.54. The van der Waals surface area contributed by atoms with Crippen molar-refractivity contribution in [3.05, 3.63) is 29.8 Å². The molecule has 0 atom stereocenters. The number of ether oxygens (including phenoxy) is 1. The minimum atomic E-state index is -0.602. The van der Waals surface area contributed by atoms with E-state index in [1.807, 2.05) is 31.2 Å². The summed E-state index contributed by atoms with van der Waals surface area (Å²) in [6, 6.07) is 7.60. The van der Waals surface area contributed by atoms with Crippen LogP contribution in [0.2, 0.25) is 0 Å². The Bertz CT molecular complexity index is 478. The van der Waals surface area contributed by atoms with E-state index in [0.29, 0.717) is 0 Å². The topological polar surface area (TPSA) is 67.4 Å². The predicted octanol–water partition coefficient (Wildman–Crippen LogP) is 2.71. The lowest BCUT2D eigenvalue weighted by atomic mass is 10.1. The average Bonchev–Trinajstić information content (AvgIpc) is 2.34. The first-order valence-electron chi connectivity index (χ1n) is 6.66. The summed E-state index contributed by atoms with van der Waals surface area (Å²) in [7, 11) is 0. The number of nitrogens with one attached hydrogen (secondary N) is 2. The second kappa shape index (κ2) is 6.93. The second-order valence-corrected chi connectivity index (χ2v) is 5.46. The summed E-state index contributed by atoms with van der Waals surface area (Å²) in [5, 5.41) is 5.14. The summed E-state index contributed by atoms with van der Waals surface area (Å²) < 4.78 is 5.04. The molecular formula is C15H22N2O3. The Morgan fingerprint density at radius 2 is 1.95 bits per heavy atom. The molecule has 5 heteroatoms. The van der Waals surface area contributed by atoms with E-state index in [1.165, 1.54) is 0 Å². The maximum atomic E-state index is 11.7. The molecule has 1 aromatic rings. The van der Waals surface area contributed by atoms with Crippen molar-refractivity contribution in [2.24, 2.45) is 0 Å². The summed E-state index contributed by atoms with van der Waals surface area (Å²) in [5.41, 5.74) is 1.29. The minimum absolute atomic E-state index is 0.120. The van der Waals surface area contributed by atoms with Crippen LogP contribution in [0.3, 0.4) is 0 Å². The summed E-state index contributed by atoms with van der Waals surface area (Å²) in [6.45, 7) is 7.23. The average molecular weight is 278 g/mol. The van der Waals surface area contributed by atoms with Gasteiger partial charge in [0.15, 0.2) is 0 Å². The van der Waals surface area contributed by atoms with Crippen LogP contribution in [0.5, 0.6) is 0 Å². The lowest BCUT2D eigenvalue weighted by Crippen LogP contribution is -2.37. The van der Waals surface area contributed by atoms with Crippen LogP contribution < -0.4 is 10.6 Å². The van der Waals surface area contributed by atoms with E-state index in [9.17, 15) is 9.59 Å². The Labute approximate surface area is 119 Å². The van der Waals surface area contributed by atoms with Crippen LogP contribution in [0.4, 0.5) is 10.5 Å². The minimum Gasteiger partial charge on any atom is -0.444 e. The molecule has 0 bridgehead atoms. The van der Waals surface area contributed by atoms with Crippen molar-refractivity contribution in [2.75, 3.05) is 11.9 Å². The van der Waals surface area contributed by atoms with E-state index >= 15 is 0 Å². The standard InChI is InChI=1S/C15H22N2O3/c1-5-11-7-6-8-12(9-11)17-13(18)10-16-14(19)20-15(2,3)4/h6-9H,5,10H2,1-4H3,(H,16,19)(H,17,18). The molecule has 1 rings (SSSR count). The number of carbonyl (C=O) groups excluding carboxylic acids is 2. The zero-order valence-corrected chi connectivity index (χ0v) is 12.4. The Kier molecular flexibility index (Phi) is 5.55. The molecule has 2 amide bonds. The fourth-order valence-corrected chi connectivity index (χ4v) is 1.54. The molecule has 0 aliphatic rings. The van der Waals surface area contributed by atoms with E-state index in [-0.39, 0.29) is 12.5 Å². The monoisotopic (exact) mass is 278 g/mol. The first-order chi connectivity index (χ1) is 9.30. The van der Waals surface area contributed by atoms with Gasteiger partial charge >= 0.3 is 6.09 Å². The van der Waals surface area contributed by atoms with Gasteiger partial charge in [0.05, 0.1) is 0 Å². The van der Waals surface area contributed by atoms with Crippen LogP contribution in [0.15, 0.2) is 24.3 Å². The number of aryl methyl sites for hydroxylation is 1. The normalized spacial score (nSPS) is 10.8. The summed E-state index contributed by atoms with van der Waals surface area (Å²) in [4.78, 5) is 23.1. The zero-order valence-electron chi connectivity index (χ0n) is 12.4. The van der Waals surface area contributed by atoms with Crippen molar-refractivity contribution in [3.63, 3.8) is 0 Å². The first-order valence-corrected chi connectivity index (χ1v) is 6.66. The highest BCUT2D eigenvalue weighted by molar-refractivity contribution is 5.93. The number of alkyl carbamates (subject to hydrolysis) is 1. The van der Waals surface area contributed by atoms with Gasteiger partial charge in [-0.1, -0.05) is 19.1 Å². The van der Waals surface area contributed by atoms with Crippen molar-refractivity contribution >= 4 is 17.7 Å². The van der Waals surface area contributed by atoms with Crippen molar-refractivity contribution < 1.29 is 14.3 Å². The Morgan fingerprint density at radius 3 is 2.55 bits per heavy atom. The molecule has 5 nitrogen and oxygen atoms in total. The molecule has 0 saturated heterocycles. The smallest absolute Gasteiger partial charge is 0.408 e. The molecule has 20 heavy (non-hydrogen) atoms. The number of hydrogen-bond acceptors (Lipinski definition) is 3. The lowest BCUT2D eigenvalue weighted by Gasteiger charge is -2.19. The molecule has 0 aliphatic carbocycles. The first kappa shape index (κ1) is 16.0. The number of rotatable bonds is 4. The van der Waals surface area contributed by atoms with Gasteiger partial charge < -0.3 is 15.4 Å². The van der Waals surface area contributed by atoms with E-state index in [4.69, 9.17) is 4.74 Å². The van der Waals surface area contributed by atoms with Crippen molar-refractivity contribution in [1.82, 2.24) is 5.32 Å². The van der Waals surface area contributed by atoms with Crippen LogP contribution in [-0.4, -0.2) is 24.1 Å². The molecular weight excluding hydrogens is 256 g/mol. The zero-order chi connectivity index (χ0) is 15.2. The van der Waals surface area contributed by atoms with Crippen LogP contribution in [0, 0.1) is 0 Å². The molecule has 1 aromatic carbocycles. The van der Waals surface area contributed by atoms with Gasteiger partial charge in [0, 0.05) is 5.69 Å². The molecule has 0 aromatic heterocycles.